The Hall–Kier alpha value is -1.56. The molecular weight excluding hydrogens is 276 g/mol. The zero-order valence-electron chi connectivity index (χ0n) is 14.6. The van der Waals surface area contributed by atoms with Crippen LogP contribution in [0.25, 0.3) is 11.1 Å². The highest BCUT2D eigenvalue weighted by molar-refractivity contribution is 5.63. The lowest BCUT2D eigenvalue weighted by molar-refractivity contribution is 0.330. The van der Waals surface area contributed by atoms with Crippen molar-refractivity contribution in [3.63, 3.8) is 0 Å². The van der Waals surface area contributed by atoms with Crippen LogP contribution in [-0.2, 0) is 6.42 Å². The van der Waals surface area contributed by atoms with E-state index in [0.29, 0.717) is 0 Å². The average molecular weight is 306 g/mol. The van der Waals surface area contributed by atoms with Crippen LogP contribution in [0.2, 0.25) is 0 Å². The Morgan fingerprint density at radius 1 is 0.739 bits per heavy atom. The molecule has 0 bridgehead atoms. The molecule has 1 aliphatic carbocycles. The second kappa shape index (κ2) is 8.34. The first kappa shape index (κ1) is 16.3. The summed E-state index contributed by atoms with van der Waals surface area (Å²) >= 11 is 0. The Morgan fingerprint density at radius 3 is 2.00 bits per heavy atom. The monoisotopic (exact) mass is 306 g/mol. The molecule has 1 saturated carbocycles. The maximum absolute atomic E-state index is 2.32. The third kappa shape index (κ3) is 4.96. The molecule has 0 nitrogen and oxygen atoms in total. The van der Waals surface area contributed by atoms with Gasteiger partial charge >= 0.3 is 0 Å². The van der Waals surface area contributed by atoms with Gasteiger partial charge in [-0.25, -0.2) is 0 Å². The van der Waals surface area contributed by atoms with Crippen molar-refractivity contribution in [2.75, 3.05) is 0 Å². The maximum Gasteiger partial charge on any atom is -0.0184 e. The van der Waals surface area contributed by atoms with Crippen LogP contribution in [-0.4, -0.2) is 0 Å². The van der Waals surface area contributed by atoms with E-state index in [1.54, 1.807) is 0 Å². The molecule has 0 spiro atoms. The highest BCUT2D eigenvalue weighted by Crippen LogP contribution is 2.28. The van der Waals surface area contributed by atoms with Crippen molar-refractivity contribution in [1.29, 1.82) is 0 Å². The molecule has 0 N–H and O–H groups in total. The fourth-order valence-electron chi connectivity index (χ4n) is 3.85. The third-order valence-corrected chi connectivity index (χ3v) is 5.39. The lowest BCUT2D eigenvalue weighted by atomic mass is 9.85. The Balaban J connectivity index is 1.45. The number of aryl methyl sites for hydroxylation is 2. The number of hydrogen-bond acceptors (Lipinski definition) is 0. The fraction of sp³-hybridized carbons (Fsp3) is 0.478. The first-order valence-corrected chi connectivity index (χ1v) is 9.47. The van der Waals surface area contributed by atoms with Crippen molar-refractivity contribution in [3.05, 3.63) is 59.7 Å². The lowest BCUT2D eigenvalue weighted by Crippen LogP contribution is -2.05. The predicted molar refractivity (Wildman–Crippen MR) is 101 cm³/mol. The van der Waals surface area contributed by atoms with E-state index in [1.807, 2.05) is 0 Å². The van der Waals surface area contributed by atoms with E-state index in [2.05, 4.69) is 55.5 Å². The topological polar surface area (TPSA) is 0 Å². The van der Waals surface area contributed by atoms with E-state index in [1.165, 1.54) is 80.0 Å². The number of benzene rings is 2. The largest absolute Gasteiger partial charge is 0.0587 e. The van der Waals surface area contributed by atoms with Gasteiger partial charge in [-0.1, -0.05) is 99.0 Å². The molecule has 0 heteroatoms. The van der Waals surface area contributed by atoms with E-state index in [0.717, 1.165) is 5.92 Å². The molecule has 0 saturated heterocycles. The van der Waals surface area contributed by atoms with Crippen LogP contribution in [0, 0.1) is 12.8 Å². The molecule has 0 aromatic heterocycles. The first-order valence-electron chi connectivity index (χ1n) is 9.47. The van der Waals surface area contributed by atoms with Gasteiger partial charge in [-0.05, 0) is 42.4 Å². The van der Waals surface area contributed by atoms with E-state index in [4.69, 9.17) is 0 Å². The highest BCUT2D eigenvalue weighted by Gasteiger charge is 2.12. The fourth-order valence-corrected chi connectivity index (χ4v) is 3.85. The summed E-state index contributed by atoms with van der Waals surface area (Å²) in [6, 6.07) is 18.0. The van der Waals surface area contributed by atoms with Crippen LogP contribution < -0.4 is 0 Å². The van der Waals surface area contributed by atoms with Gasteiger partial charge in [-0.3, -0.25) is 0 Å². The SMILES string of the molecule is Cc1ccc(-c2ccc(CCCCC3CCCCC3)cc2)cc1. The summed E-state index contributed by atoms with van der Waals surface area (Å²) in [6.07, 6.45) is 12.9. The molecule has 0 atom stereocenters. The molecule has 23 heavy (non-hydrogen) atoms. The molecule has 3 rings (SSSR count). The van der Waals surface area contributed by atoms with Crippen LogP contribution in [0.5, 0.6) is 0 Å². The quantitative estimate of drug-likeness (QED) is 0.506. The standard InChI is InChI=1S/C23H30/c1-19-11-15-22(16-12-19)23-17-13-21(14-18-23)10-6-5-9-20-7-3-2-4-8-20/h11-18,20H,2-10H2,1H3. The van der Waals surface area contributed by atoms with Crippen molar-refractivity contribution >= 4 is 0 Å². The minimum absolute atomic E-state index is 1.03. The molecule has 0 aliphatic heterocycles. The van der Waals surface area contributed by atoms with Crippen molar-refractivity contribution in [3.8, 4) is 11.1 Å². The molecule has 122 valence electrons. The van der Waals surface area contributed by atoms with E-state index >= 15 is 0 Å². The Bertz CT molecular complexity index is 570. The van der Waals surface area contributed by atoms with Crippen LogP contribution in [0.3, 0.4) is 0 Å². The van der Waals surface area contributed by atoms with Crippen LogP contribution in [0.4, 0.5) is 0 Å². The van der Waals surface area contributed by atoms with Crippen LogP contribution >= 0.6 is 0 Å². The highest BCUT2D eigenvalue weighted by atomic mass is 14.2. The summed E-state index contributed by atoms with van der Waals surface area (Å²) < 4.78 is 0. The number of rotatable bonds is 6. The Morgan fingerprint density at radius 2 is 1.35 bits per heavy atom. The van der Waals surface area contributed by atoms with Gasteiger partial charge in [0.15, 0.2) is 0 Å². The van der Waals surface area contributed by atoms with Crippen molar-refractivity contribution in [2.24, 2.45) is 5.92 Å². The number of unbranched alkanes of at least 4 members (excludes halogenated alkanes) is 1. The van der Waals surface area contributed by atoms with Crippen molar-refractivity contribution in [2.45, 2.75) is 64.7 Å². The van der Waals surface area contributed by atoms with Gasteiger partial charge in [-0.2, -0.15) is 0 Å². The number of hydrogen-bond donors (Lipinski definition) is 0. The molecule has 1 fully saturated rings. The maximum atomic E-state index is 2.32. The van der Waals surface area contributed by atoms with Crippen molar-refractivity contribution < 1.29 is 0 Å². The van der Waals surface area contributed by atoms with Gasteiger partial charge in [0.1, 0.15) is 0 Å². The normalized spacial score (nSPS) is 15.7. The lowest BCUT2D eigenvalue weighted by Gasteiger charge is -2.21. The summed E-state index contributed by atoms with van der Waals surface area (Å²) in [5.41, 5.74) is 5.46. The van der Waals surface area contributed by atoms with Gasteiger partial charge in [-0.15, -0.1) is 0 Å². The zero-order chi connectivity index (χ0) is 15.9. The van der Waals surface area contributed by atoms with Crippen molar-refractivity contribution in [1.82, 2.24) is 0 Å². The Kier molecular flexibility index (Phi) is 5.91. The minimum atomic E-state index is 1.03. The minimum Gasteiger partial charge on any atom is -0.0587 e. The van der Waals surface area contributed by atoms with Gasteiger partial charge in [0, 0.05) is 0 Å². The summed E-state index contributed by atoms with van der Waals surface area (Å²) in [7, 11) is 0. The van der Waals surface area contributed by atoms with Gasteiger partial charge < -0.3 is 0 Å². The van der Waals surface area contributed by atoms with Gasteiger partial charge in [0.05, 0.1) is 0 Å². The van der Waals surface area contributed by atoms with Gasteiger partial charge in [0.2, 0.25) is 0 Å². The molecule has 1 aliphatic rings. The first-order chi connectivity index (χ1) is 11.3. The zero-order valence-corrected chi connectivity index (χ0v) is 14.6. The van der Waals surface area contributed by atoms with E-state index in [9.17, 15) is 0 Å². The summed E-state index contributed by atoms with van der Waals surface area (Å²) in [5.74, 6) is 1.03. The molecule has 0 heterocycles. The summed E-state index contributed by atoms with van der Waals surface area (Å²) in [5, 5.41) is 0. The second-order valence-corrected chi connectivity index (χ2v) is 7.31. The summed E-state index contributed by atoms with van der Waals surface area (Å²) in [4.78, 5) is 0. The Labute approximate surface area is 141 Å². The van der Waals surface area contributed by atoms with E-state index in [-0.39, 0.29) is 0 Å². The van der Waals surface area contributed by atoms with E-state index < -0.39 is 0 Å². The van der Waals surface area contributed by atoms with Crippen LogP contribution in [0.1, 0.15) is 62.5 Å². The molecule has 0 amide bonds. The molecule has 2 aromatic carbocycles. The predicted octanol–water partition coefficient (Wildman–Crippen LogP) is 6.96. The molecule has 0 unspecified atom stereocenters. The van der Waals surface area contributed by atoms with Crippen LogP contribution in [0.15, 0.2) is 48.5 Å². The third-order valence-electron chi connectivity index (χ3n) is 5.39. The smallest absolute Gasteiger partial charge is 0.0184 e. The average Bonchev–Trinajstić information content (AvgIpc) is 2.61. The molecule has 2 aromatic rings. The second-order valence-electron chi connectivity index (χ2n) is 7.31. The summed E-state index contributed by atoms with van der Waals surface area (Å²) in [6.45, 7) is 2.14. The van der Waals surface area contributed by atoms with Gasteiger partial charge in [0.25, 0.3) is 0 Å². The molecule has 0 radical (unpaired) electrons. The molecular formula is C23H30.